The maximum atomic E-state index is 8.61. The molecule has 0 aliphatic rings. The van der Waals surface area contributed by atoms with Crippen LogP contribution in [-0.2, 0) is 6.42 Å². The second kappa shape index (κ2) is 7.75. The minimum atomic E-state index is 0.152. The molecule has 0 unspecified atom stereocenters. The van der Waals surface area contributed by atoms with Gasteiger partial charge in [0.05, 0.1) is 6.07 Å². The molecule has 4 heteroatoms. The number of hydrogen-bond donors (Lipinski definition) is 1. The van der Waals surface area contributed by atoms with E-state index in [0.717, 1.165) is 36.5 Å². The van der Waals surface area contributed by atoms with Crippen LogP contribution < -0.4 is 5.32 Å². The van der Waals surface area contributed by atoms with Crippen LogP contribution in [0.5, 0.6) is 0 Å². The van der Waals surface area contributed by atoms with E-state index >= 15 is 0 Å². The maximum Gasteiger partial charge on any atom is 0.0621 e. The molecule has 0 radical (unpaired) electrons. The Kier molecular flexibility index (Phi) is 6.65. The lowest BCUT2D eigenvalue weighted by Crippen LogP contribution is -2.30. The lowest BCUT2D eigenvalue weighted by Gasteiger charge is -2.23. The summed E-state index contributed by atoms with van der Waals surface area (Å²) in [5.41, 5.74) is 1.26. The number of nitrogens with one attached hydrogen (secondary N) is 1. The van der Waals surface area contributed by atoms with Gasteiger partial charge in [-0.3, -0.25) is 0 Å². The molecule has 0 amide bonds. The Morgan fingerprint density at radius 3 is 2.68 bits per heavy atom. The van der Waals surface area contributed by atoms with E-state index in [-0.39, 0.29) is 5.41 Å². The van der Waals surface area contributed by atoms with Crippen LogP contribution in [0.1, 0.15) is 32.3 Å². The number of rotatable bonds is 7. The summed E-state index contributed by atoms with van der Waals surface area (Å²) in [5.74, 6) is 0. The fraction of sp³-hybridized carbons (Fsp3) is 0.533. The fourth-order valence-corrected chi connectivity index (χ4v) is 2.36. The maximum absolute atomic E-state index is 8.61. The lowest BCUT2D eigenvalue weighted by molar-refractivity contribution is 0.319. The Morgan fingerprint density at radius 1 is 1.32 bits per heavy atom. The van der Waals surface area contributed by atoms with Gasteiger partial charge in [0.25, 0.3) is 0 Å². The summed E-state index contributed by atoms with van der Waals surface area (Å²) < 4.78 is 0. The monoisotopic (exact) mass is 298 g/mol. The normalized spacial score (nSPS) is 11.3. The van der Waals surface area contributed by atoms with Gasteiger partial charge in [-0.2, -0.15) is 5.26 Å². The quantitative estimate of drug-likeness (QED) is 0.755. The largest absolute Gasteiger partial charge is 0.316 e. The third-order valence-electron chi connectivity index (χ3n) is 3.10. The first kappa shape index (κ1) is 16.3. The predicted molar refractivity (Wildman–Crippen MR) is 81.7 cm³/mol. The summed E-state index contributed by atoms with van der Waals surface area (Å²) in [5, 5.41) is 13.4. The summed E-state index contributed by atoms with van der Waals surface area (Å²) in [6, 6.07) is 7.79. The van der Waals surface area contributed by atoms with Gasteiger partial charge < -0.3 is 5.32 Å². The first-order chi connectivity index (χ1) is 8.94. The van der Waals surface area contributed by atoms with Crippen LogP contribution in [0.2, 0.25) is 10.0 Å². The fourth-order valence-electron chi connectivity index (χ4n) is 1.86. The molecule has 2 nitrogen and oxygen atoms in total. The molecule has 0 atom stereocenters. The molecule has 0 spiro atoms. The van der Waals surface area contributed by atoms with Gasteiger partial charge in [-0.05, 0) is 42.5 Å². The molecular formula is C15H20Cl2N2. The first-order valence-corrected chi connectivity index (χ1v) is 7.22. The van der Waals surface area contributed by atoms with Crippen molar-refractivity contribution < 1.29 is 0 Å². The number of hydrogen-bond acceptors (Lipinski definition) is 2. The molecule has 0 saturated carbocycles. The molecule has 1 rings (SSSR count). The molecule has 0 aliphatic heterocycles. The van der Waals surface area contributed by atoms with E-state index in [2.05, 4.69) is 25.2 Å². The number of halogens is 2. The van der Waals surface area contributed by atoms with Gasteiger partial charge in [0, 0.05) is 23.0 Å². The third kappa shape index (κ3) is 6.29. The van der Waals surface area contributed by atoms with Crippen LogP contribution in [0.25, 0.3) is 0 Å². The van der Waals surface area contributed by atoms with Crippen molar-refractivity contribution in [1.82, 2.24) is 5.32 Å². The van der Waals surface area contributed by atoms with Gasteiger partial charge in [-0.1, -0.05) is 43.1 Å². The van der Waals surface area contributed by atoms with Crippen LogP contribution >= 0.6 is 23.2 Å². The Balaban J connectivity index is 2.33. The SMILES string of the molecule is CC(C)(CCC#N)CNCCc1ccc(Cl)cc1Cl. The van der Waals surface area contributed by atoms with Crippen LogP contribution in [0.4, 0.5) is 0 Å². The molecule has 19 heavy (non-hydrogen) atoms. The van der Waals surface area contributed by atoms with E-state index in [4.69, 9.17) is 28.5 Å². The highest BCUT2D eigenvalue weighted by Crippen LogP contribution is 2.22. The van der Waals surface area contributed by atoms with E-state index in [9.17, 15) is 0 Å². The molecule has 0 saturated heterocycles. The zero-order valence-electron chi connectivity index (χ0n) is 11.5. The van der Waals surface area contributed by atoms with Crippen molar-refractivity contribution >= 4 is 23.2 Å². The Labute approximate surface area is 125 Å². The Hall–Kier alpha value is -0.750. The standard InChI is InChI=1S/C15H20Cl2N2/c1-15(2,7-3-8-18)11-19-9-6-12-4-5-13(16)10-14(12)17/h4-5,10,19H,3,6-7,9,11H2,1-2H3. The van der Waals surface area contributed by atoms with Gasteiger partial charge in [0.2, 0.25) is 0 Å². The van der Waals surface area contributed by atoms with Crippen LogP contribution in [0, 0.1) is 16.7 Å². The first-order valence-electron chi connectivity index (χ1n) is 6.46. The van der Waals surface area contributed by atoms with Crippen LogP contribution in [0.15, 0.2) is 18.2 Å². The van der Waals surface area contributed by atoms with Crippen molar-refractivity contribution in [2.45, 2.75) is 33.1 Å². The van der Waals surface area contributed by atoms with Crippen molar-refractivity contribution in [3.63, 3.8) is 0 Å². The highest BCUT2D eigenvalue weighted by atomic mass is 35.5. The Morgan fingerprint density at radius 2 is 2.05 bits per heavy atom. The molecule has 1 aromatic rings. The van der Waals surface area contributed by atoms with E-state index < -0.39 is 0 Å². The molecule has 1 N–H and O–H groups in total. The average Bonchev–Trinajstić information content (AvgIpc) is 2.34. The number of nitrogens with zero attached hydrogens (tertiary/aromatic N) is 1. The van der Waals surface area contributed by atoms with Crippen LogP contribution in [0.3, 0.4) is 0 Å². The molecule has 0 aliphatic carbocycles. The summed E-state index contributed by atoms with van der Waals surface area (Å²) in [4.78, 5) is 0. The zero-order chi connectivity index (χ0) is 14.3. The van der Waals surface area contributed by atoms with Gasteiger partial charge in [0.1, 0.15) is 0 Å². The Bertz CT molecular complexity index is 450. The molecule has 0 heterocycles. The molecule has 0 aromatic heterocycles. The van der Waals surface area contributed by atoms with E-state index in [1.165, 1.54) is 0 Å². The predicted octanol–water partition coefficient (Wildman–Crippen LogP) is 4.46. The van der Waals surface area contributed by atoms with Gasteiger partial charge in [-0.15, -0.1) is 0 Å². The summed E-state index contributed by atoms with van der Waals surface area (Å²) >= 11 is 12.0. The smallest absolute Gasteiger partial charge is 0.0621 e. The minimum absolute atomic E-state index is 0.152. The third-order valence-corrected chi connectivity index (χ3v) is 3.69. The number of benzene rings is 1. The van der Waals surface area contributed by atoms with Gasteiger partial charge in [-0.25, -0.2) is 0 Å². The summed E-state index contributed by atoms with van der Waals surface area (Å²) in [6.07, 6.45) is 2.40. The highest BCUT2D eigenvalue weighted by molar-refractivity contribution is 6.35. The zero-order valence-corrected chi connectivity index (χ0v) is 13.0. The highest BCUT2D eigenvalue weighted by Gasteiger charge is 2.16. The second-order valence-electron chi connectivity index (χ2n) is 5.48. The van der Waals surface area contributed by atoms with Crippen molar-refractivity contribution in [1.29, 1.82) is 5.26 Å². The summed E-state index contributed by atoms with van der Waals surface area (Å²) in [6.45, 7) is 6.12. The molecule has 104 valence electrons. The average molecular weight is 299 g/mol. The number of nitriles is 1. The van der Waals surface area contributed by atoms with Crippen molar-refractivity contribution in [2.75, 3.05) is 13.1 Å². The molecular weight excluding hydrogens is 279 g/mol. The van der Waals surface area contributed by atoms with E-state index in [0.29, 0.717) is 11.4 Å². The van der Waals surface area contributed by atoms with Crippen LogP contribution in [-0.4, -0.2) is 13.1 Å². The molecule has 1 aromatic carbocycles. The topological polar surface area (TPSA) is 35.8 Å². The van der Waals surface area contributed by atoms with Crippen molar-refractivity contribution in [2.24, 2.45) is 5.41 Å². The van der Waals surface area contributed by atoms with Gasteiger partial charge in [0.15, 0.2) is 0 Å². The molecule has 0 bridgehead atoms. The second-order valence-corrected chi connectivity index (χ2v) is 6.33. The molecule has 0 fully saturated rings. The lowest BCUT2D eigenvalue weighted by atomic mass is 9.88. The minimum Gasteiger partial charge on any atom is -0.316 e. The summed E-state index contributed by atoms with van der Waals surface area (Å²) in [7, 11) is 0. The van der Waals surface area contributed by atoms with Crippen molar-refractivity contribution in [3.8, 4) is 6.07 Å². The van der Waals surface area contributed by atoms with Crippen molar-refractivity contribution in [3.05, 3.63) is 33.8 Å². The van der Waals surface area contributed by atoms with E-state index in [1.54, 1.807) is 6.07 Å². The van der Waals surface area contributed by atoms with Gasteiger partial charge >= 0.3 is 0 Å². The van der Waals surface area contributed by atoms with E-state index in [1.807, 2.05) is 12.1 Å².